The van der Waals surface area contributed by atoms with Gasteiger partial charge in [-0.3, -0.25) is 0 Å². The van der Waals surface area contributed by atoms with Crippen LogP contribution in [0.4, 0.5) is 13.2 Å². The fourth-order valence-electron chi connectivity index (χ4n) is 0. The van der Waals surface area contributed by atoms with E-state index in [0.717, 1.165) is 0 Å². The van der Waals surface area contributed by atoms with E-state index in [4.69, 9.17) is 0 Å². The van der Waals surface area contributed by atoms with Crippen LogP contribution in [0.1, 0.15) is 0 Å². The van der Waals surface area contributed by atoms with Gasteiger partial charge in [0.05, 0.1) is 0 Å². The van der Waals surface area contributed by atoms with Crippen LogP contribution in [-0.2, 0) is 0 Å². The Labute approximate surface area is 49.4 Å². The van der Waals surface area contributed by atoms with Gasteiger partial charge in [0.2, 0.25) is 0 Å². The SMILES string of the molecule is [CH3][Ge]([CH3])([CH3])[C](F)(F)F. The Kier molecular flexibility index (Phi) is 2.01. The molecule has 4 heteroatoms. The standard InChI is InChI=1S/C4H9F3Ge/c1-8(2,3)4(5,6)7/h1-3H3. The zero-order valence-electron chi connectivity index (χ0n) is 5.13. The minimum absolute atomic E-state index is 1.33. The van der Waals surface area contributed by atoms with Crippen LogP contribution in [0.25, 0.3) is 0 Å². The third-order valence-corrected chi connectivity index (χ3v) is 4.42. The number of hydrogen-bond acceptors (Lipinski definition) is 0. The van der Waals surface area contributed by atoms with E-state index in [1.54, 1.807) is 0 Å². The Morgan fingerprint density at radius 1 is 1.00 bits per heavy atom. The zero-order chi connectivity index (χ0) is 7.00. The van der Waals surface area contributed by atoms with Crippen molar-refractivity contribution in [3.05, 3.63) is 0 Å². The molecule has 0 aliphatic rings. The Bertz CT molecular complexity index is 66.3. The van der Waals surface area contributed by atoms with Gasteiger partial charge in [-0.1, -0.05) is 0 Å². The molecule has 0 aliphatic carbocycles. The minimum atomic E-state index is -3.88. The van der Waals surface area contributed by atoms with Crippen molar-refractivity contribution in [1.29, 1.82) is 0 Å². The Morgan fingerprint density at radius 2 is 1.12 bits per heavy atom. The molecule has 0 saturated carbocycles. The molecule has 50 valence electrons. The molecule has 0 atom stereocenters. The summed E-state index contributed by atoms with van der Waals surface area (Å²) in [5.41, 5.74) is 0. The van der Waals surface area contributed by atoms with Crippen molar-refractivity contribution in [2.45, 2.75) is 22.3 Å². The van der Waals surface area contributed by atoms with Gasteiger partial charge in [0.15, 0.2) is 0 Å². The van der Waals surface area contributed by atoms with Gasteiger partial charge in [0.25, 0.3) is 0 Å². The van der Waals surface area contributed by atoms with Gasteiger partial charge in [0, 0.05) is 0 Å². The molecule has 0 aromatic rings. The second-order valence-corrected chi connectivity index (χ2v) is 13.4. The Hall–Kier alpha value is 0.333. The van der Waals surface area contributed by atoms with Crippen LogP contribution in [0.2, 0.25) is 17.3 Å². The van der Waals surface area contributed by atoms with E-state index >= 15 is 0 Å². The first-order valence-corrected chi connectivity index (χ1v) is 9.66. The van der Waals surface area contributed by atoms with Crippen molar-refractivity contribution in [3.63, 3.8) is 0 Å². The van der Waals surface area contributed by atoms with Crippen molar-refractivity contribution in [2.24, 2.45) is 0 Å². The molecule has 0 unspecified atom stereocenters. The van der Waals surface area contributed by atoms with E-state index in [9.17, 15) is 13.2 Å². The quantitative estimate of drug-likeness (QED) is 0.510. The van der Waals surface area contributed by atoms with Crippen LogP contribution in [0.3, 0.4) is 0 Å². The maximum atomic E-state index is 11.6. The molecule has 0 aliphatic heterocycles. The third-order valence-electron chi connectivity index (χ3n) is 0.850. The van der Waals surface area contributed by atoms with Crippen molar-refractivity contribution in [2.75, 3.05) is 0 Å². The normalized spacial score (nSPS) is 14.2. The van der Waals surface area contributed by atoms with Crippen LogP contribution in [-0.4, -0.2) is 18.3 Å². The molecule has 0 heterocycles. The molecule has 0 nitrogen and oxygen atoms in total. The Morgan fingerprint density at radius 3 is 1.12 bits per heavy atom. The molecule has 0 saturated heterocycles. The van der Waals surface area contributed by atoms with Gasteiger partial charge in [-0.15, -0.1) is 0 Å². The first kappa shape index (κ1) is 8.33. The molecular formula is C4H9F3Ge. The van der Waals surface area contributed by atoms with Crippen LogP contribution < -0.4 is 0 Å². The molecule has 0 fully saturated rings. The van der Waals surface area contributed by atoms with E-state index in [-0.39, 0.29) is 0 Å². The van der Waals surface area contributed by atoms with E-state index in [0.29, 0.717) is 0 Å². The summed E-state index contributed by atoms with van der Waals surface area (Å²) < 4.78 is 34.9. The predicted molar refractivity (Wildman–Crippen MR) is 29.4 cm³/mol. The number of halogens is 3. The van der Waals surface area contributed by atoms with E-state index in [1.807, 2.05) is 0 Å². The van der Waals surface area contributed by atoms with Crippen LogP contribution in [0, 0.1) is 0 Å². The summed E-state index contributed by atoms with van der Waals surface area (Å²) in [6, 6.07) is 0. The van der Waals surface area contributed by atoms with Gasteiger partial charge in [-0.2, -0.15) is 0 Å². The van der Waals surface area contributed by atoms with Crippen LogP contribution >= 0.6 is 0 Å². The van der Waals surface area contributed by atoms with Gasteiger partial charge in [0.1, 0.15) is 0 Å². The van der Waals surface area contributed by atoms with E-state index in [2.05, 4.69) is 0 Å². The first-order valence-electron chi connectivity index (χ1n) is 2.32. The summed E-state index contributed by atoms with van der Waals surface area (Å²) in [4.78, 5) is 0. The van der Waals surface area contributed by atoms with Gasteiger partial charge < -0.3 is 0 Å². The van der Waals surface area contributed by atoms with Crippen molar-refractivity contribution >= 4 is 13.3 Å². The fourth-order valence-corrected chi connectivity index (χ4v) is 0. The van der Waals surface area contributed by atoms with Crippen molar-refractivity contribution in [1.82, 2.24) is 0 Å². The molecule has 0 amide bonds. The average Bonchev–Trinajstić information content (AvgIpc) is 1.25. The van der Waals surface area contributed by atoms with E-state index in [1.165, 1.54) is 17.3 Å². The molecule has 0 aromatic carbocycles. The van der Waals surface area contributed by atoms with Gasteiger partial charge in [-0.25, -0.2) is 0 Å². The molecule has 8 heavy (non-hydrogen) atoms. The third kappa shape index (κ3) is 2.07. The fraction of sp³-hybridized carbons (Fsp3) is 1.00. The van der Waals surface area contributed by atoms with Crippen LogP contribution in [0.15, 0.2) is 0 Å². The number of hydrogen-bond donors (Lipinski definition) is 0. The predicted octanol–water partition coefficient (Wildman–Crippen LogP) is 2.43. The molecule has 0 rings (SSSR count). The summed E-state index contributed by atoms with van der Waals surface area (Å²) in [5.74, 6) is 4.00. The molecule has 0 bridgehead atoms. The molecule has 0 spiro atoms. The zero-order valence-corrected chi connectivity index (χ0v) is 7.23. The topological polar surface area (TPSA) is 0 Å². The molecular weight excluding hydrogens is 178 g/mol. The summed E-state index contributed by atoms with van der Waals surface area (Å²) in [6.45, 7) is 0. The number of alkyl halides is 3. The molecule has 0 N–H and O–H groups in total. The second kappa shape index (κ2) is 1.93. The summed E-state index contributed by atoms with van der Waals surface area (Å²) >= 11 is -3.31. The summed E-state index contributed by atoms with van der Waals surface area (Å²) in [7, 11) is 0. The van der Waals surface area contributed by atoms with Crippen LogP contribution in [0.5, 0.6) is 0 Å². The maximum absolute atomic E-state index is 11.6. The molecule has 0 aromatic heterocycles. The van der Waals surface area contributed by atoms with Crippen molar-refractivity contribution in [3.8, 4) is 0 Å². The second-order valence-electron chi connectivity index (χ2n) is 2.75. The number of rotatable bonds is 0. The molecule has 0 radical (unpaired) electrons. The average molecular weight is 187 g/mol. The first-order chi connectivity index (χ1) is 3.25. The summed E-state index contributed by atoms with van der Waals surface area (Å²) in [5, 5.41) is -3.88. The van der Waals surface area contributed by atoms with Crippen molar-refractivity contribution < 1.29 is 13.2 Å². The summed E-state index contributed by atoms with van der Waals surface area (Å²) in [6.07, 6.45) is 0. The van der Waals surface area contributed by atoms with Gasteiger partial charge >= 0.3 is 48.7 Å². The van der Waals surface area contributed by atoms with Gasteiger partial charge in [-0.05, 0) is 0 Å². The Balaban J connectivity index is 4.02. The van der Waals surface area contributed by atoms with E-state index < -0.39 is 18.3 Å². The monoisotopic (exact) mass is 188 g/mol.